The third kappa shape index (κ3) is 6.03. The molecular weight excluding hydrogens is 488 g/mol. The molecule has 39 heavy (non-hydrogen) atoms. The van der Waals surface area contributed by atoms with E-state index in [1.165, 1.54) is 32.1 Å². The quantitative estimate of drug-likeness (QED) is 0.250. The summed E-state index contributed by atoms with van der Waals surface area (Å²) in [5.74, 6) is 2.73. The summed E-state index contributed by atoms with van der Waals surface area (Å²) >= 11 is 0. The van der Waals surface area contributed by atoms with Crippen LogP contribution >= 0.6 is 0 Å². The third-order valence-corrected chi connectivity index (χ3v) is 12.3. The van der Waals surface area contributed by atoms with E-state index in [4.69, 9.17) is 16.2 Å². The molecule has 0 heterocycles. The Balaban J connectivity index is 1.39. The summed E-state index contributed by atoms with van der Waals surface area (Å²) in [4.78, 5) is 38.6. The average Bonchev–Trinajstić information content (AvgIpc) is 3.25. The van der Waals surface area contributed by atoms with E-state index in [2.05, 4.69) is 13.8 Å². The van der Waals surface area contributed by atoms with Crippen molar-refractivity contribution in [1.29, 1.82) is 0 Å². The number of esters is 1. The Morgan fingerprint density at radius 1 is 0.923 bits per heavy atom. The smallest absolute Gasteiger partial charge is 0.309 e. The molecule has 6 heteroatoms. The number of ether oxygens (including phenoxy) is 1. The molecule has 4 saturated carbocycles. The minimum absolute atomic E-state index is 0.0440. The first-order valence-corrected chi connectivity index (χ1v) is 16.1. The molecule has 1 unspecified atom stereocenters. The minimum atomic E-state index is -0.539. The van der Waals surface area contributed by atoms with Gasteiger partial charge in [0.2, 0.25) is 0 Å². The van der Waals surface area contributed by atoms with Crippen molar-refractivity contribution in [1.82, 2.24) is 0 Å². The van der Waals surface area contributed by atoms with Crippen molar-refractivity contribution in [3.63, 3.8) is 0 Å². The Hall–Kier alpha value is -1.27. The van der Waals surface area contributed by atoms with Gasteiger partial charge in [0.15, 0.2) is 5.78 Å². The number of unbranched alkanes of at least 4 members (excludes halogenated alkanes) is 1. The molecule has 4 aliphatic rings. The summed E-state index contributed by atoms with van der Waals surface area (Å²) in [5, 5.41) is 0. The standard InChI is InChI=1S/C33H56N2O4/c1-20(2)30(35)29(37)18-22(8-6-7-17-34)31(38)39-24-13-15-32(4)23(19-24)9-10-25-27-12-11-26(21(3)36)33(27,5)16-14-28(25)32/h20,22-28,30H,6-19,34-35H2,1-5H3/t22?,23-,24+,25-,26+,27-,28-,30-,32-,33+/m0/s1. The number of Topliss-reactive ketones (excluding diaryl/α,β-unsaturated/α-hetero) is 2. The first-order chi connectivity index (χ1) is 18.4. The fourth-order valence-electron chi connectivity index (χ4n) is 9.84. The molecule has 0 spiro atoms. The van der Waals surface area contributed by atoms with Crippen LogP contribution in [0.5, 0.6) is 0 Å². The summed E-state index contributed by atoms with van der Waals surface area (Å²) in [7, 11) is 0. The van der Waals surface area contributed by atoms with Crippen LogP contribution in [0.4, 0.5) is 0 Å². The second-order valence-electron chi connectivity index (χ2n) is 14.7. The van der Waals surface area contributed by atoms with Crippen molar-refractivity contribution >= 4 is 17.5 Å². The molecule has 0 bridgehead atoms. The molecule has 0 aromatic carbocycles. The van der Waals surface area contributed by atoms with E-state index in [-0.39, 0.29) is 41.5 Å². The lowest BCUT2D eigenvalue weighted by Crippen LogP contribution is -2.54. The van der Waals surface area contributed by atoms with Crippen LogP contribution in [0.25, 0.3) is 0 Å². The molecule has 10 atom stereocenters. The van der Waals surface area contributed by atoms with Gasteiger partial charge in [-0.05, 0) is 125 Å². The molecule has 4 N–H and O–H groups in total. The molecular formula is C33H56N2O4. The molecule has 6 nitrogen and oxygen atoms in total. The molecule has 4 rings (SSSR count). The van der Waals surface area contributed by atoms with Gasteiger partial charge in [-0.2, -0.15) is 0 Å². The van der Waals surface area contributed by atoms with Crippen molar-refractivity contribution in [2.45, 2.75) is 130 Å². The van der Waals surface area contributed by atoms with Crippen LogP contribution < -0.4 is 11.5 Å². The normalized spacial score (nSPS) is 39.3. The zero-order chi connectivity index (χ0) is 28.5. The number of fused-ring (bicyclic) bond motifs is 5. The number of hydrogen-bond donors (Lipinski definition) is 2. The summed E-state index contributed by atoms with van der Waals surface area (Å²) < 4.78 is 6.18. The second kappa shape index (κ2) is 12.3. The van der Waals surface area contributed by atoms with Gasteiger partial charge in [0, 0.05) is 12.3 Å². The van der Waals surface area contributed by atoms with Gasteiger partial charge in [-0.25, -0.2) is 0 Å². The largest absolute Gasteiger partial charge is 0.462 e. The lowest BCUT2D eigenvalue weighted by atomic mass is 9.44. The van der Waals surface area contributed by atoms with E-state index in [1.54, 1.807) is 0 Å². The molecule has 222 valence electrons. The Morgan fingerprint density at radius 2 is 1.62 bits per heavy atom. The molecule has 4 aliphatic carbocycles. The summed E-state index contributed by atoms with van der Waals surface area (Å²) in [6.45, 7) is 11.2. The average molecular weight is 545 g/mol. The third-order valence-electron chi connectivity index (χ3n) is 12.3. The highest BCUT2D eigenvalue weighted by molar-refractivity contribution is 5.88. The van der Waals surface area contributed by atoms with E-state index >= 15 is 0 Å². The highest BCUT2D eigenvalue weighted by Crippen LogP contribution is 2.67. The van der Waals surface area contributed by atoms with Crippen LogP contribution in [-0.2, 0) is 19.1 Å². The Labute approximate surface area is 237 Å². The summed E-state index contributed by atoms with van der Waals surface area (Å²) in [6.07, 6.45) is 12.5. The van der Waals surface area contributed by atoms with Gasteiger partial charge in [0.1, 0.15) is 11.9 Å². The summed E-state index contributed by atoms with van der Waals surface area (Å²) in [5.41, 5.74) is 12.3. The summed E-state index contributed by atoms with van der Waals surface area (Å²) in [6, 6.07) is -0.539. The van der Waals surface area contributed by atoms with Gasteiger partial charge in [0.05, 0.1) is 12.0 Å². The number of ketones is 2. The molecule has 0 radical (unpaired) electrons. The fourth-order valence-corrected chi connectivity index (χ4v) is 9.84. The van der Waals surface area contributed by atoms with E-state index < -0.39 is 12.0 Å². The van der Waals surface area contributed by atoms with Gasteiger partial charge < -0.3 is 16.2 Å². The molecule has 0 aromatic heterocycles. The van der Waals surface area contributed by atoms with Crippen molar-refractivity contribution in [3.05, 3.63) is 0 Å². The number of carbonyl (C=O) groups is 3. The van der Waals surface area contributed by atoms with Crippen molar-refractivity contribution in [2.75, 3.05) is 6.54 Å². The second-order valence-corrected chi connectivity index (χ2v) is 14.7. The van der Waals surface area contributed by atoms with Crippen LogP contribution in [0.2, 0.25) is 0 Å². The highest BCUT2D eigenvalue weighted by Gasteiger charge is 2.61. The van der Waals surface area contributed by atoms with Crippen LogP contribution in [-0.4, -0.2) is 36.2 Å². The number of carbonyl (C=O) groups excluding carboxylic acids is 3. The first-order valence-electron chi connectivity index (χ1n) is 16.1. The Kier molecular flexibility index (Phi) is 9.68. The minimum Gasteiger partial charge on any atom is -0.462 e. The van der Waals surface area contributed by atoms with Crippen LogP contribution in [0.1, 0.15) is 118 Å². The maximum absolute atomic E-state index is 13.4. The first kappa shape index (κ1) is 30.7. The number of nitrogens with two attached hydrogens (primary N) is 2. The molecule has 0 aromatic rings. The van der Waals surface area contributed by atoms with Crippen molar-refractivity contribution < 1.29 is 19.1 Å². The van der Waals surface area contributed by atoms with Crippen LogP contribution in [0, 0.1) is 52.3 Å². The predicted octanol–water partition coefficient (Wildman–Crippen LogP) is 5.83. The molecule has 0 saturated heterocycles. The van der Waals surface area contributed by atoms with E-state index in [1.807, 2.05) is 20.8 Å². The van der Waals surface area contributed by atoms with E-state index in [0.29, 0.717) is 36.0 Å². The maximum Gasteiger partial charge on any atom is 0.309 e. The van der Waals surface area contributed by atoms with Gasteiger partial charge >= 0.3 is 5.97 Å². The molecule has 4 fully saturated rings. The van der Waals surface area contributed by atoms with Gasteiger partial charge in [-0.1, -0.05) is 34.1 Å². The topological polar surface area (TPSA) is 112 Å². The van der Waals surface area contributed by atoms with Gasteiger partial charge in [-0.15, -0.1) is 0 Å². The fraction of sp³-hybridized carbons (Fsp3) is 0.909. The SMILES string of the molecule is CC(=O)[C@H]1CC[C@H]2[C@@H]3CC[C@H]4C[C@H](OC(=O)C(CCCCN)CC(=O)[C@@H](N)C(C)C)CC[C@]4(C)[C@H]3CC[C@]12C. The maximum atomic E-state index is 13.4. The predicted molar refractivity (Wildman–Crippen MR) is 155 cm³/mol. The molecule has 0 aliphatic heterocycles. The van der Waals surface area contributed by atoms with Gasteiger partial charge in [-0.3, -0.25) is 14.4 Å². The monoisotopic (exact) mass is 544 g/mol. The number of rotatable bonds is 11. The Bertz CT molecular complexity index is 904. The van der Waals surface area contributed by atoms with Gasteiger partial charge in [0.25, 0.3) is 0 Å². The zero-order valence-electron chi connectivity index (χ0n) is 25.4. The van der Waals surface area contributed by atoms with E-state index in [9.17, 15) is 14.4 Å². The van der Waals surface area contributed by atoms with E-state index in [0.717, 1.165) is 50.4 Å². The van der Waals surface area contributed by atoms with Crippen LogP contribution in [0.15, 0.2) is 0 Å². The van der Waals surface area contributed by atoms with Crippen molar-refractivity contribution in [2.24, 2.45) is 63.7 Å². The highest BCUT2D eigenvalue weighted by atomic mass is 16.5. The lowest BCUT2D eigenvalue weighted by Gasteiger charge is -2.61. The molecule has 0 amide bonds. The zero-order valence-corrected chi connectivity index (χ0v) is 25.4. The van der Waals surface area contributed by atoms with Crippen LogP contribution in [0.3, 0.4) is 0 Å². The van der Waals surface area contributed by atoms with Crippen molar-refractivity contribution in [3.8, 4) is 0 Å². The number of hydrogen-bond acceptors (Lipinski definition) is 6. The lowest BCUT2D eigenvalue weighted by molar-refractivity contribution is -0.168. The Morgan fingerprint density at radius 3 is 2.28 bits per heavy atom.